The number of nitrogens with one attached hydrogen (secondary N) is 3. The number of hydrogen-bond acceptors (Lipinski definition) is 9. The number of esters is 1. The maximum atomic E-state index is 12.4. The summed E-state index contributed by atoms with van der Waals surface area (Å²) in [5, 5.41) is 26.3. The molecule has 0 heterocycles. The Morgan fingerprint density at radius 1 is 0.667 bits per heavy atom. The van der Waals surface area contributed by atoms with Gasteiger partial charge in [-0.1, -0.05) is 106 Å². The van der Waals surface area contributed by atoms with Crippen molar-refractivity contribution in [2.45, 2.75) is 65.8 Å². The third-order valence-corrected chi connectivity index (χ3v) is 9.82. The van der Waals surface area contributed by atoms with E-state index in [1.807, 2.05) is 67.6 Å². The lowest BCUT2D eigenvalue weighted by Gasteiger charge is -2.17. The first-order valence-corrected chi connectivity index (χ1v) is 19.8. The van der Waals surface area contributed by atoms with Gasteiger partial charge in [-0.05, 0) is 87.4 Å². The molecule has 9 nitrogen and oxygen atoms in total. The Balaban J connectivity index is 1.19. The molecule has 6 aromatic rings. The summed E-state index contributed by atoms with van der Waals surface area (Å²) in [6.07, 6.45) is 11.0. The molecule has 0 saturated carbocycles. The molecule has 0 amide bonds. The standard InChI is InChI=1S/C48H51N7O2/c1-6-10-11-16-32-57-48(56)34-22-24-35(25-23-34)50-51-43-28-29-44(37(17-7-2)36(43)9-4)52-54-46-30-31-47(41-21-15-14-20-40(41)46)55-53-45-27-26-42(49-33(5)8-3)38-18-12-13-19-39(38)45/h7,9,12-15,17-31,33,49,52,54H,4,6,8,10-11,16,32H2,1-3,5H3/b17-7-,51-50?,55-53?. The minimum absolute atomic E-state index is 0.327. The maximum Gasteiger partial charge on any atom is 0.338 e. The second-order valence-corrected chi connectivity index (χ2v) is 13.9. The summed E-state index contributed by atoms with van der Waals surface area (Å²) < 4.78 is 5.42. The number of hydrogen-bond donors (Lipinski definition) is 3. The molecular weight excluding hydrogens is 707 g/mol. The number of fused-ring (bicyclic) bond motifs is 2. The highest BCUT2D eigenvalue weighted by Crippen LogP contribution is 2.37. The number of nitrogens with zero attached hydrogens (tertiary/aromatic N) is 4. The largest absolute Gasteiger partial charge is 0.462 e. The summed E-state index contributed by atoms with van der Waals surface area (Å²) in [7, 11) is 0. The van der Waals surface area contributed by atoms with Crippen molar-refractivity contribution in [2.75, 3.05) is 22.8 Å². The van der Waals surface area contributed by atoms with Gasteiger partial charge in [0.15, 0.2) is 0 Å². The topological polar surface area (TPSA) is 112 Å². The predicted molar refractivity (Wildman–Crippen MR) is 239 cm³/mol. The molecule has 1 unspecified atom stereocenters. The number of unbranched alkanes of at least 4 members (excludes halogenated alkanes) is 3. The van der Waals surface area contributed by atoms with Crippen LogP contribution in [0.3, 0.4) is 0 Å². The van der Waals surface area contributed by atoms with Crippen LogP contribution in [0.4, 0.5) is 39.8 Å². The van der Waals surface area contributed by atoms with Gasteiger partial charge in [0.05, 0.1) is 46.3 Å². The lowest BCUT2D eigenvalue weighted by molar-refractivity contribution is 0.0498. The quantitative estimate of drug-likeness (QED) is 0.0350. The predicted octanol–water partition coefficient (Wildman–Crippen LogP) is 14.9. The molecule has 0 spiro atoms. The molecular formula is C48H51N7O2. The highest BCUT2D eigenvalue weighted by Gasteiger charge is 2.13. The van der Waals surface area contributed by atoms with Crippen molar-refractivity contribution in [3.05, 3.63) is 139 Å². The number of allylic oxidation sites excluding steroid dienone is 1. The minimum Gasteiger partial charge on any atom is -0.462 e. The number of anilines is 3. The Kier molecular flexibility index (Phi) is 13.9. The fourth-order valence-corrected chi connectivity index (χ4v) is 6.52. The van der Waals surface area contributed by atoms with Gasteiger partial charge in [0, 0.05) is 44.4 Å². The van der Waals surface area contributed by atoms with Crippen molar-refractivity contribution < 1.29 is 9.53 Å². The van der Waals surface area contributed by atoms with Gasteiger partial charge in [-0.2, -0.15) is 5.11 Å². The van der Waals surface area contributed by atoms with Crippen LogP contribution in [0.15, 0.2) is 142 Å². The highest BCUT2D eigenvalue weighted by molar-refractivity contribution is 6.02. The molecule has 1 atom stereocenters. The van der Waals surface area contributed by atoms with E-state index >= 15 is 0 Å². The van der Waals surface area contributed by atoms with Crippen LogP contribution >= 0.6 is 0 Å². The van der Waals surface area contributed by atoms with Gasteiger partial charge >= 0.3 is 5.97 Å². The molecule has 0 radical (unpaired) electrons. The molecule has 0 aromatic heterocycles. The first-order valence-electron chi connectivity index (χ1n) is 19.8. The van der Waals surface area contributed by atoms with E-state index in [2.05, 4.69) is 90.1 Å². The van der Waals surface area contributed by atoms with E-state index in [1.54, 1.807) is 30.3 Å². The third kappa shape index (κ3) is 9.99. The average Bonchev–Trinajstić information content (AvgIpc) is 3.25. The van der Waals surface area contributed by atoms with Crippen LogP contribution in [0.25, 0.3) is 33.7 Å². The molecule has 6 aromatic carbocycles. The molecule has 0 aliphatic carbocycles. The molecule has 9 heteroatoms. The van der Waals surface area contributed by atoms with E-state index in [4.69, 9.17) is 15.0 Å². The fourth-order valence-electron chi connectivity index (χ4n) is 6.52. The van der Waals surface area contributed by atoms with Gasteiger partial charge in [0.25, 0.3) is 0 Å². The monoisotopic (exact) mass is 757 g/mol. The molecule has 0 aliphatic heterocycles. The van der Waals surface area contributed by atoms with E-state index in [1.165, 1.54) is 0 Å². The van der Waals surface area contributed by atoms with Crippen molar-refractivity contribution in [2.24, 2.45) is 20.5 Å². The Hall–Kier alpha value is -6.61. The highest BCUT2D eigenvalue weighted by atomic mass is 16.5. The molecule has 0 bridgehead atoms. The van der Waals surface area contributed by atoms with Crippen LogP contribution in [0.5, 0.6) is 0 Å². The molecule has 0 saturated heterocycles. The van der Waals surface area contributed by atoms with Gasteiger partial charge in [-0.25, -0.2) is 4.79 Å². The molecule has 290 valence electrons. The van der Waals surface area contributed by atoms with Crippen molar-refractivity contribution >= 4 is 79.5 Å². The molecule has 0 fully saturated rings. The summed E-state index contributed by atoms with van der Waals surface area (Å²) in [5.41, 5.74) is 14.8. The van der Waals surface area contributed by atoms with Crippen LogP contribution < -0.4 is 16.2 Å². The summed E-state index contributed by atoms with van der Waals surface area (Å²) in [4.78, 5) is 12.4. The van der Waals surface area contributed by atoms with Crippen molar-refractivity contribution in [3.63, 3.8) is 0 Å². The van der Waals surface area contributed by atoms with E-state index in [0.717, 1.165) is 93.2 Å². The second kappa shape index (κ2) is 19.8. The van der Waals surface area contributed by atoms with Crippen molar-refractivity contribution in [1.82, 2.24) is 0 Å². The van der Waals surface area contributed by atoms with E-state index < -0.39 is 0 Å². The van der Waals surface area contributed by atoms with Crippen LogP contribution in [0, 0.1) is 0 Å². The molecule has 3 N–H and O–H groups in total. The molecule has 6 rings (SSSR count). The Bertz CT molecular complexity index is 2420. The number of benzene rings is 6. The Labute approximate surface area is 335 Å². The zero-order valence-electron chi connectivity index (χ0n) is 33.3. The third-order valence-electron chi connectivity index (χ3n) is 9.82. The lowest BCUT2D eigenvalue weighted by Crippen LogP contribution is -2.13. The van der Waals surface area contributed by atoms with Crippen LogP contribution in [-0.2, 0) is 4.74 Å². The Morgan fingerprint density at radius 3 is 1.88 bits per heavy atom. The number of ether oxygens (including phenoxy) is 1. The molecule has 0 aliphatic rings. The van der Waals surface area contributed by atoms with E-state index in [9.17, 15) is 4.79 Å². The van der Waals surface area contributed by atoms with E-state index in [-0.39, 0.29) is 5.97 Å². The van der Waals surface area contributed by atoms with Crippen molar-refractivity contribution in [3.8, 4) is 0 Å². The lowest BCUT2D eigenvalue weighted by atomic mass is 10.0. The first kappa shape index (κ1) is 40.1. The van der Waals surface area contributed by atoms with Crippen molar-refractivity contribution in [1.29, 1.82) is 0 Å². The van der Waals surface area contributed by atoms with Crippen LogP contribution in [0.2, 0.25) is 0 Å². The number of rotatable bonds is 18. The van der Waals surface area contributed by atoms with Gasteiger partial charge in [-0.15, -0.1) is 15.3 Å². The fraction of sp³-hybridized carbons (Fsp3) is 0.229. The van der Waals surface area contributed by atoms with Gasteiger partial charge in [-0.3, -0.25) is 0 Å². The van der Waals surface area contributed by atoms with Gasteiger partial charge < -0.3 is 20.9 Å². The summed E-state index contributed by atoms with van der Waals surface area (Å²) in [6.45, 7) is 13.0. The van der Waals surface area contributed by atoms with Crippen LogP contribution in [0.1, 0.15) is 81.3 Å². The van der Waals surface area contributed by atoms with Gasteiger partial charge in [0.1, 0.15) is 0 Å². The number of hydrazine groups is 1. The van der Waals surface area contributed by atoms with E-state index in [0.29, 0.717) is 29.6 Å². The summed E-state index contributed by atoms with van der Waals surface area (Å²) >= 11 is 0. The van der Waals surface area contributed by atoms with Gasteiger partial charge in [0.2, 0.25) is 0 Å². The van der Waals surface area contributed by atoms with Crippen LogP contribution in [-0.4, -0.2) is 18.6 Å². The number of azo groups is 2. The summed E-state index contributed by atoms with van der Waals surface area (Å²) in [6, 6.07) is 35.7. The second-order valence-electron chi connectivity index (χ2n) is 13.9. The number of carbonyl (C=O) groups is 1. The molecule has 57 heavy (non-hydrogen) atoms. The average molecular weight is 758 g/mol. The SMILES string of the molecule is C=Cc1c(N=Nc2ccc(C(=O)OCCCCCC)cc2)ccc(NNc2ccc(N=Nc3ccc(NC(C)CC)c4ccccc34)c3ccccc23)c1/C=C\C. The Morgan fingerprint density at radius 2 is 1.25 bits per heavy atom. The smallest absolute Gasteiger partial charge is 0.338 e. The minimum atomic E-state index is -0.327. The summed E-state index contributed by atoms with van der Waals surface area (Å²) in [5.74, 6) is -0.327. The maximum absolute atomic E-state index is 12.4. The zero-order valence-corrected chi connectivity index (χ0v) is 33.3. The number of carbonyl (C=O) groups excluding carboxylic acids is 1. The zero-order chi connectivity index (χ0) is 40.0. The normalized spacial score (nSPS) is 12.1. The first-order chi connectivity index (χ1) is 27.9.